The summed E-state index contributed by atoms with van der Waals surface area (Å²) in [6.07, 6.45) is 1.71. The third kappa shape index (κ3) is 3.48. The maximum atomic E-state index is 12.8. The SMILES string of the molecule is COCCN(C1CC1)S(=O)(=O)c1c(Cl)cc(Br)cc1Cl. The smallest absolute Gasteiger partial charge is 0.246 e. The Hall–Kier alpha value is 0.150. The molecular weight excluding hydrogens is 389 g/mol. The van der Waals surface area contributed by atoms with Gasteiger partial charge in [-0.3, -0.25) is 0 Å². The average molecular weight is 403 g/mol. The van der Waals surface area contributed by atoms with Crippen molar-refractivity contribution in [3.8, 4) is 0 Å². The van der Waals surface area contributed by atoms with Crippen molar-refractivity contribution in [2.24, 2.45) is 0 Å². The van der Waals surface area contributed by atoms with Crippen LogP contribution in [0.15, 0.2) is 21.5 Å². The Morgan fingerprint density at radius 3 is 2.35 bits per heavy atom. The van der Waals surface area contributed by atoms with E-state index in [1.165, 1.54) is 23.5 Å². The van der Waals surface area contributed by atoms with E-state index in [4.69, 9.17) is 27.9 Å². The third-order valence-electron chi connectivity index (χ3n) is 3.00. The Morgan fingerprint density at radius 2 is 1.90 bits per heavy atom. The summed E-state index contributed by atoms with van der Waals surface area (Å²) in [5.41, 5.74) is 0. The number of rotatable bonds is 6. The lowest BCUT2D eigenvalue weighted by molar-refractivity contribution is 0.177. The van der Waals surface area contributed by atoms with Crippen LogP contribution in [-0.4, -0.2) is 39.0 Å². The normalized spacial score (nSPS) is 15.8. The lowest BCUT2D eigenvalue weighted by atomic mass is 10.4. The number of methoxy groups -OCH3 is 1. The Morgan fingerprint density at radius 1 is 1.35 bits per heavy atom. The molecule has 0 bridgehead atoms. The van der Waals surface area contributed by atoms with Crippen LogP contribution in [0.2, 0.25) is 10.0 Å². The summed E-state index contributed by atoms with van der Waals surface area (Å²) in [7, 11) is -2.18. The van der Waals surface area contributed by atoms with Crippen molar-refractivity contribution in [3.63, 3.8) is 0 Å². The van der Waals surface area contributed by atoms with Gasteiger partial charge in [0.2, 0.25) is 10.0 Å². The molecule has 1 fully saturated rings. The van der Waals surface area contributed by atoms with Gasteiger partial charge in [0.15, 0.2) is 0 Å². The minimum atomic E-state index is -3.72. The number of hydrogen-bond acceptors (Lipinski definition) is 3. The van der Waals surface area contributed by atoms with Gasteiger partial charge in [0.1, 0.15) is 4.90 Å². The van der Waals surface area contributed by atoms with Gasteiger partial charge in [0.25, 0.3) is 0 Å². The summed E-state index contributed by atoms with van der Waals surface area (Å²) in [5, 5.41) is 0.236. The molecule has 1 aromatic rings. The molecule has 112 valence electrons. The molecule has 2 rings (SSSR count). The molecule has 0 N–H and O–H groups in total. The first-order chi connectivity index (χ1) is 9.37. The monoisotopic (exact) mass is 401 g/mol. The highest BCUT2D eigenvalue weighted by molar-refractivity contribution is 9.10. The Balaban J connectivity index is 2.42. The highest BCUT2D eigenvalue weighted by Gasteiger charge is 2.39. The number of hydrogen-bond donors (Lipinski definition) is 0. The Labute approximate surface area is 137 Å². The topological polar surface area (TPSA) is 46.6 Å². The largest absolute Gasteiger partial charge is 0.383 e. The number of ether oxygens (including phenoxy) is 1. The first kappa shape index (κ1) is 16.5. The van der Waals surface area contributed by atoms with E-state index in [-0.39, 0.29) is 21.0 Å². The van der Waals surface area contributed by atoms with Crippen molar-refractivity contribution >= 4 is 49.2 Å². The van der Waals surface area contributed by atoms with Crippen LogP contribution >= 0.6 is 39.1 Å². The van der Waals surface area contributed by atoms with Crippen molar-refractivity contribution in [1.82, 2.24) is 4.31 Å². The van der Waals surface area contributed by atoms with Crippen LogP contribution in [0.5, 0.6) is 0 Å². The molecule has 0 unspecified atom stereocenters. The molecule has 20 heavy (non-hydrogen) atoms. The fourth-order valence-corrected chi connectivity index (χ4v) is 5.49. The average Bonchev–Trinajstić information content (AvgIpc) is 3.11. The van der Waals surface area contributed by atoms with Gasteiger partial charge in [0.05, 0.1) is 16.7 Å². The molecule has 0 spiro atoms. The van der Waals surface area contributed by atoms with E-state index >= 15 is 0 Å². The summed E-state index contributed by atoms with van der Waals surface area (Å²) in [6, 6.07) is 3.08. The Kier molecular flexibility index (Phi) is 5.37. The molecule has 1 saturated carbocycles. The van der Waals surface area contributed by atoms with Crippen LogP contribution in [-0.2, 0) is 14.8 Å². The standard InChI is InChI=1S/C12H14BrCl2NO3S/c1-19-5-4-16(9-2-3-9)20(17,18)12-10(14)6-8(13)7-11(12)15/h6-7,9H,2-5H2,1H3. The predicted octanol–water partition coefficient (Wildman–Crippen LogP) is 3.56. The van der Waals surface area contributed by atoms with Crippen molar-refractivity contribution in [2.75, 3.05) is 20.3 Å². The quantitative estimate of drug-likeness (QED) is 0.730. The maximum absolute atomic E-state index is 12.8. The second-order valence-corrected chi connectivity index (χ2v) is 8.10. The molecule has 1 aromatic carbocycles. The summed E-state index contributed by atoms with van der Waals surface area (Å²) in [4.78, 5) is -0.0352. The molecule has 0 aromatic heterocycles. The minimum Gasteiger partial charge on any atom is -0.383 e. The first-order valence-corrected chi connectivity index (χ1v) is 9.02. The molecule has 1 aliphatic rings. The Bertz CT molecular complexity index is 582. The number of sulfonamides is 1. The number of halogens is 3. The lowest BCUT2D eigenvalue weighted by Gasteiger charge is -2.22. The van der Waals surface area contributed by atoms with Crippen molar-refractivity contribution in [3.05, 3.63) is 26.7 Å². The van der Waals surface area contributed by atoms with E-state index in [9.17, 15) is 8.42 Å². The predicted molar refractivity (Wildman–Crippen MR) is 83.0 cm³/mol. The zero-order valence-corrected chi connectivity index (χ0v) is 14.7. The van der Waals surface area contributed by atoms with Gasteiger partial charge in [-0.1, -0.05) is 39.1 Å². The molecule has 0 aliphatic heterocycles. The molecule has 1 aliphatic carbocycles. The third-order valence-corrected chi connectivity index (χ3v) is 6.33. The van der Waals surface area contributed by atoms with Gasteiger partial charge in [-0.05, 0) is 25.0 Å². The van der Waals surface area contributed by atoms with Crippen molar-refractivity contribution in [2.45, 2.75) is 23.8 Å². The zero-order valence-electron chi connectivity index (χ0n) is 10.8. The maximum Gasteiger partial charge on any atom is 0.246 e. The molecule has 4 nitrogen and oxygen atoms in total. The zero-order chi connectivity index (χ0) is 14.9. The van der Waals surface area contributed by atoms with Crippen LogP contribution in [0.25, 0.3) is 0 Å². The van der Waals surface area contributed by atoms with Crippen LogP contribution in [0.3, 0.4) is 0 Å². The van der Waals surface area contributed by atoms with Crippen LogP contribution < -0.4 is 0 Å². The molecular formula is C12H14BrCl2NO3S. The lowest BCUT2D eigenvalue weighted by Crippen LogP contribution is -2.36. The highest BCUT2D eigenvalue weighted by Crippen LogP contribution is 2.38. The summed E-state index contributed by atoms with van der Waals surface area (Å²) in [6.45, 7) is 0.633. The minimum absolute atomic E-state index is 0.0194. The van der Waals surface area contributed by atoms with Crippen LogP contribution in [0.1, 0.15) is 12.8 Å². The highest BCUT2D eigenvalue weighted by atomic mass is 79.9. The van der Waals surface area contributed by atoms with E-state index in [1.807, 2.05) is 0 Å². The molecule has 0 radical (unpaired) electrons. The second-order valence-electron chi connectivity index (χ2n) is 4.54. The number of nitrogens with zero attached hydrogens (tertiary/aromatic N) is 1. The summed E-state index contributed by atoms with van der Waals surface area (Å²) >= 11 is 15.4. The molecule has 0 heterocycles. The van der Waals surface area contributed by atoms with Crippen molar-refractivity contribution in [1.29, 1.82) is 0 Å². The molecule has 0 atom stereocenters. The fourth-order valence-electron chi connectivity index (χ4n) is 1.94. The first-order valence-electron chi connectivity index (χ1n) is 6.03. The van der Waals surface area contributed by atoms with Crippen molar-refractivity contribution < 1.29 is 13.2 Å². The fraction of sp³-hybridized carbons (Fsp3) is 0.500. The van der Waals surface area contributed by atoms with E-state index in [1.54, 1.807) is 0 Å². The van der Waals surface area contributed by atoms with Gasteiger partial charge in [0, 0.05) is 24.2 Å². The van der Waals surface area contributed by atoms with Gasteiger partial charge < -0.3 is 4.74 Å². The summed E-state index contributed by atoms with van der Waals surface area (Å²) < 4.78 is 32.6. The molecule has 0 amide bonds. The molecule has 8 heteroatoms. The van der Waals surface area contributed by atoms with Gasteiger partial charge >= 0.3 is 0 Å². The van der Waals surface area contributed by atoms with Gasteiger partial charge in [-0.15, -0.1) is 0 Å². The molecule has 0 saturated heterocycles. The van der Waals surface area contributed by atoms with E-state index in [2.05, 4.69) is 15.9 Å². The van der Waals surface area contributed by atoms with E-state index in [0.717, 1.165) is 12.8 Å². The van der Waals surface area contributed by atoms with Crippen LogP contribution in [0, 0.1) is 0 Å². The van der Waals surface area contributed by atoms with Gasteiger partial charge in [-0.25, -0.2) is 8.42 Å². The summed E-state index contributed by atoms with van der Waals surface area (Å²) in [5.74, 6) is 0. The van der Waals surface area contributed by atoms with Crippen LogP contribution in [0.4, 0.5) is 0 Å². The van der Waals surface area contributed by atoms with E-state index in [0.29, 0.717) is 17.6 Å². The van der Waals surface area contributed by atoms with E-state index < -0.39 is 10.0 Å². The second kappa shape index (κ2) is 6.50. The number of benzene rings is 1. The van der Waals surface area contributed by atoms with Gasteiger partial charge in [-0.2, -0.15) is 4.31 Å².